The Kier molecular flexibility index (Phi) is 5.59. The summed E-state index contributed by atoms with van der Waals surface area (Å²) in [5, 5.41) is 10.9. The second kappa shape index (κ2) is 7.23. The van der Waals surface area contributed by atoms with Gasteiger partial charge in [0, 0.05) is 17.3 Å². The van der Waals surface area contributed by atoms with Crippen LogP contribution in [0.1, 0.15) is 58.1 Å². The Morgan fingerprint density at radius 1 is 1.29 bits per heavy atom. The molecule has 2 atom stereocenters. The molecule has 0 amide bonds. The molecule has 1 aromatic heterocycles. The van der Waals surface area contributed by atoms with Crippen LogP contribution in [0.3, 0.4) is 0 Å². The number of likely N-dealkylation sites (tertiary alicyclic amines) is 1. The second-order valence-electron chi connectivity index (χ2n) is 6.05. The van der Waals surface area contributed by atoms with Gasteiger partial charge in [0.25, 0.3) is 0 Å². The van der Waals surface area contributed by atoms with Crippen molar-refractivity contribution in [2.24, 2.45) is 0 Å². The number of piperidine rings is 1. The third-order valence-electron chi connectivity index (χ3n) is 4.74. The van der Waals surface area contributed by atoms with Crippen molar-refractivity contribution in [3.8, 4) is 5.75 Å². The summed E-state index contributed by atoms with van der Waals surface area (Å²) in [4.78, 5) is 6.65. The maximum absolute atomic E-state index is 10.9. The fourth-order valence-electron chi connectivity index (χ4n) is 3.18. The first-order chi connectivity index (χ1) is 10.1. The van der Waals surface area contributed by atoms with Crippen molar-refractivity contribution >= 4 is 0 Å². The smallest absolute Gasteiger partial charge is 0.137 e. The van der Waals surface area contributed by atoms with Crippen LogP contribution in [0, 0.1) is 0 Å². The number of nitrogens with zero attached hydrogens (tertiary/aromatic N) is 2. The lowest BCUT2D eigenvalue weighted by Crippen LogP contribution is -2.52. The average Bonchev–Trinajstić information content (AvgIpc) is 2.55. The Morgan fingerprint density at radius 3 is 2.62 bits per heavy atom. The summed E-state index contributed by atoms with van der Waals surface area (Å²) in [5.74, 6) is 0.728. The molecular formula is C17H28N2O2. The Balaban J connectivity index is 2.21. The molecular weight excluding hydrogens is 264 g/mol. The molecule has 0 radical (unpaired) electrons. The molecule has 2 heterocycles. The average molecular weight is 292 g/mol. The summed E-state index contributed by atoms with van der Waals surface area (Å²) in [6, 6.07) is 1.92. The zero-order valence-corrected chi connectivity index (χ0v) is 13.5. The van der Waals surface area contributed by atoms with E-state index in [2.05, 4.69) is 23.7 Å². The van der Waals surface area contributed by atoms with Crippen LogP contribution in [0.5, 0.6) is 5.75 Å². The van der Waals surface area contributed by atoms with E-state index in [9.17, 15) is 5.11 Å². The first-order valence-corrected chi connectivity index (χ1v) is 8.12. The highest BCUT2D eigenvalue weighted by Crippen LogP contribution is 2.36. The fourth-order valence-corrected chi connectivity index (χ4v) is 3.18. The van der Waals surface area contributed by atoms with Gasteiger partial charge in [-0.05, 0) is 52.3 Å². The highest BCUT2D eigenvalue weighted by atomic mass is 16.5. The number of aromatic nitrogens is 1. The van der Waals surface area contributed by atoms with Gasteiger partial charge in [-0.15, -0.1) is 0 Å². The van der Waals surface area contributed by atoms with Crippen LogP contribution in [0.15, 0.2) is 18.5 Å². The summed E-state index contributed by atoms with van der Waals surface area (Å²) in [7, 11) is 0. The summed E-state index contributed by atoms with van der Waals surface area (Å²) < 4.78 is 5.50. The number of aliphatic hydroxyl groups excluding tert-OH is 1. The first-order valence-electron chi connectivity index (χ1n) is 8.12. The Bertz CT molecular complexity index is 446. The third-order valence-corrected chi connectivity index (χ3v) is 4.74. The van der Waals surface area contributed by atoms with Crippen molar-refractivity contribution in [2.75, 3.05) is 19.7 Å². The predicted octanol–water partition coefficient (Wildman–Crippen LogP) is 3.17. The van der Waals surface area contributed by atoms with Gasteiger partial charge in [0.2, 0.25) is 0 Å². The summed E-state index contributed by atoms with van der Waals surface area (Å²) in [5.41, 5.74) is 0.600. The van der Waals surface area contributed by atoms with Gasteiger partial charge in [-0.1, -0.05) is 13.3 Å². The Morgan fingerprint density at radius 2 is 2.00 bits per heavy atom. The quantitative estimate of drug-likeness (QED) is 0.875. The Labute approximate surface area is 128 Å². The lowest BCUT2D eigenvalue weighted by molar-refractivity contribution is -0.0354. The van der Waals surface area contributed by atoms with E-state index < -0.39 is 6.10 Å². The predicted molar refractivity (Wildman–Crippen MR) is 84.5 cm³/mol. The molecule has 1 saturated heterocycles. The maximum Gasteiger partial charge on any atom is 0.137 e. The van der Waals surface area contributed by atoms with Gasteiger partial charge in [0.15, 0.2) is 0 Å². The second-order valence-corrected chi connectivity index (χ2v) is 6.05. The minimum Gasteiger partial charge on any atom is -0.492 e. The molecule has 21 heavy (non-hydrogen) atoms. The minimum absolute atomic E-state index is 0.243. The molecule has 1 fully saturated rings. The highest BCUT2D eigenvalue weighted by molar-refractivity contribution is 5.27. The van der Waals surface area contributed by atoms with Gasteiger partial charge in [-0.2, -0.15) is 0 Å². The molecule has 0 spiro atoms. The van der Waals surface area contributed by atoms with E-state index >= 15 is 0 Å². The van der Waals surface area contributed by atoms with E-state index in [1.165, 1.54) is 19.3 Å². The molecule has 0 bridgehead atoms. The molecule has 0 saturated carbocycles. The lowest BCUT2D eigenvalue weighted by Gasteiger charge is -2.46. The molecule has 0 aliphatic carbocycles. The summed E-state index contributed by atoms with van der Waals surface area (Å²) in [6.07, 6.45) is 7.56. The fraction of sp³-hybridized carbons (Fsp3) is 0.706. The van der Waals surface area contributed by atoms with Crippen molar-refractivity contribution in [1.29, 1.82) is 0 Å². The number of rotatable bonds is 6. The molecule has 1 N–H and O–H groups in total. The minimum atomic E-state index is -0.548. The summed E-state index contributed by atoms with van der Waals surface area (Å²) in [6.45, 7) is 9.01. The zero-order chi connectivity index (χ0) is 15.3. The van der Waals surface area contributed by atoms with Crippen molar-refractivity contribution < 1.29 is 9.84 Å². The molecule has 2 rings (SSSR count). The maximum atomic E-state index is 10.9. The molecule has 1 aliphatic heterocycles. The van der Waals surface area contributed by atoms with Gasteiger partial charge >= 0.3 is 0 Å². The molecule has 4 nitrogen and oxygen atoms in total. The van der Waals surface area contributed by atoms with Crippen LogP contribution in [-0.2, 0) is 0 Å². The highest BCUT2D eigenvalue weighted by Gasteiger charge is 2.38. The van der Waals surface area contributed by atoms with Crippen LogP contribution in [-0.4, -0.2) is 40.2 Å². The number of hydrogen-bond acceptors (Lipinski definition) is 4. The van der Waals surface area contributed by atoms with Gasteiger partial charge in [0.1, 0.15) is 5.75 Å². The number of pyridine rings is 1. The van der Waals surface area contributed by atoms with E-state index in [1.54, 1.807) is 12.4 Å². The molecule has 4 heteroatoms. The van der Waals surface area contributed by atoms with Crippen molar-refractivity contribution in [3.05, 3.63) is 24.0 Å². The topological polar surface area (TPSA) is 45.6 Å². The van der Waals surface area contributed by atoms with Crippen LogP contribution in [0.4, 0.5) is 0 Å². The van der Waals surface area contributed by atoms with Crippen molar-refractivity contribution in [3.63, 3.8) is 0 Å². The lowest BCUT2D eigenvalue weighted by atomic mass is 9.84. The van der Waals surface area contributed by atoms with E-state index in [4.69, 9.17) is 4.74 Å². The van der Waals surface area contributed by atoms with Crippen LogP contribution in [0.2, 0.25) is 0 Å². The molecule has 0 aromatic carbocycles. The van der Waals surface area contributed by atoms with Gasteiger partial charge in [-0.3, -0.25) is 9.88 Å². The van der Waals surface area contributed by atoms with Crippen molar-refractivity contribution in [1.82, 2.24) is 9.88 Å². The third kappa shape index (κ3) is 3.55. The largest absolute Gasteiger partial charge is 0.492 e. The molecule has 2 unspecified atom stereocenters. The Hall–Kier alpha value is -1.13. The molecule has 118 valence electrons. The van der Waals surface area contributed by atoms with E-state index in [1.807, 2.05) is 13.0 Å². The standard InChI is InChI=1S/C17H28N2O2/c1-4-17(3,19-9-7-6-8-10-19)16(20)14-11-15(21-5-2)13-18-12-14/h11-13,16,20H,4-10H2,1-3H3. The zero-order valence-electron chi connectivity index (χ0n) is 13.5. The normalized spacial score (nSPS) is 20.8. The number of hydrogen-bond donors (Lipinski definition) is 1. The van der Waals surface area contributed by atoms with E-state index in [-0.39, 0.29) is 5.54 Å². The molecule has 1 aliphatic rings. The monoisotopic (exact) mass is 292 g/mol. The van der Waals surface area contributed by atoms with Crippen molar-refractivity contribution in [2.45, 2.75) is 58.1 Å². The number of aliphatic hydroxyl groups is 1. The van der Waals surface area contributed by atoms with Gasteiger partial charge in [-0.25, -0.2) is 0 Å². The first kappa shape index (κ1) is 16.2. The van der Waals surface area contributed by atoms with Crippen LogP contribution >= 0.6 is 0 Å². The van der Waals surface area contributed by atoms with Gasteiger partial charge in [0.05, 0.1) is 18.9 Å². The van der Waals surface area contributed by atoms with E-state index in [0.717, 1.165) is 30.8 Å². The summed E-state index contributed by atoms with van der Waals surface area (Å²) >= 11 is 0. The van der Waals surface area contributed by atoms with Crippen LogP contribution in [0.25, 0.3) is 0 Å². The van der Waals surface area contributed by atoms with Gasteiger partial charge < -0.3 is 9.84 Å². The number of ether oxygens (including phenoxy) is 1. The SMILES string of the molecule is CCOc1cncc(C(O)C(C)(CC)N2CCCCC2)c1. The molecule has 1 aromatic rings. The van der Waals surface area contributed by atoms with Crippen LogP contribution < -0.4 is 4.74 Å². The van der Waals surface area contributed by atoms with E-state index in [0.29, 0.717) is 6.61 Å².